The molecule has 3 N–H and O–H groups in total. The Morgan fingerprint density at radius 1 is 1.21 bits per heavy atom. The van der Waals surface area contributed by atoms with Crippen molar-refractivity contribution in [3.05, 3.63) is 47.5 Å². The Bertz CT molecular complexity index is 643. The highest BCUT2D eigenvalue weighted by atomic mass is 35.5. The van der Waals surface area contributed by atoms with E-state index in [1.165, 1.54) is 0 Å². The highest BCUT2D eigenvalue weighted by molar-refractivity contribution is 6.21. The van der Waals surface area contributed by atoms with E-state index >= 15 is 0 Å². The minimum atomic E-state index is -0.767. The Hall–Kier alpha value is -1.36. The SMILES string of the molecule is CCCCC[C@@H](O)c1ccc([C@@H]2C(C/C=C/CCCC(=O)O)[C@H](Cl)C[C@H]2O)cc1. The van der Waals surface area contributed by atoms with Gasteiger partial charge >= 0.3 is 5.97 Å². The third-order valence-corrected chi connectivity index (χ3v) is 6.43. The maximum atomic E-state index is 10.6. The van der Waals surface area contributed by atoms with Crippen molar-refractivity contribution in [2.24, 2.45) is 5.92 Å². The number of aliphatic hydroxyl groups excluding tert-OH is 2. The van der Waals surface area contributed by atoms with Gasteiger partial charge in [-0.25, -0.2) is 0 Å². The molecule has 2 rings (SSSR count). The summed E-state index contributed by atoms with van der Waals surface area (Å²) >= 11 is 6.54. The molecule has 0 spiro atoms. The van der Waals surface area contributed by atoms with Gasteiger partial charge in [-0.2, -0.15) is 0 Å². The van der Waals surface area contributed by atoms with Gasteiger partial charge in [-0.05, 0) is 49.1 Å². The van der Waals surface area contributed by atoms with Crippen molar-refractivity contribution in [2.75, 3.05) is 0 Å². The minimum Gasteiger partial charge on any atom is -0.481 e. The number of alkyl halides is 1. The van der Waals surface area contributed by atoms with E-state index in [4.69, 9.17) is 16.7 Å². The Labute approximate surface area is 179 Å². The lowest BCUT2D eigenvalue weighted by molar-refractivity contribution is -0.137. The van der Waals surface area contributed by atoms with Crippen LogP contribution in [-0.4, -0.2) is 32.8 Å². The van der Waals surface area contributed by atoms with Gasteiger partial charge in [0.1, 0.15) is 0 Å². The summed E-state index contributed by atoms with van der Waals surface area (Å²) in [5.41, 5.74) is 1.99. The summed E-state index contributed by atoms with van der Waals surface area (Å²) in [6.45, 7) is 2.15. The number of unbranched alkanes of at least 4 members (excludes halogenated alkanes) is 3. The van der Waals surface area contributed by atoms with Crippen molar-refractivity contribution in [3.8, 4) is 0 Å². The van der Waals surface area contributed by atoms with Crippen molar-refractivity contribution in [2.45, 2.75) is 88.2 Å². The molecule has 29 heavy (non-hydrogen) atoms. The molecule has 0 radical (unpaired) electrons. The monoisotopic (exact) mass is 422 g/mol. The first-order valence-corrected chi connectivity index (χ1v) is 11.3. The number of aliphatic carboxylic acids is 1. The first-order chi connectivity index (χ1) is 13.9. The fourth-order valence-corrected chi connectivity index (χ4v) is 4.71. The number of allylic oxidation sites excluding steroid dienone is 2. The van der Waals surface area contributed by atoms with Crippen LogP contribution < -0.4 is 0 Å². The Kier molecular flexibility index (Phi) is 10.2. The van der Waals surface area contributed by atoms with Gasteiger partial charge in [0.05, 0.1) is 12.2 Å². The standard InChI is InChI=1S/C24H35ClO4/c1-2-3-6-10-21(26)17-12-14-18(15-13-17)24-19(20(25)16-22(24)27)9-7-4-5-8-11-23(28)29/h4,7,12-15,19-22,24,26-27H,2-3,5-6,8-11,16H2,1H3,(H,28,29)/b7-4+/t19?,20-,21-,22-,24-/m1/s1. The lowest BCUT2D eigenvalue weighted by Crippen LogP contribution is -2.18. The Morgan fingerprint density at radius 2 is 1.93 bits per heavy atom. The zero-order valence-corrected chi connectivity index (χ0v) is 18.1. The van der Waals surface area contributed by atoms with Gasteiger partial charge in [0.15, 0.2) is 0 Å². The fourth-order valence-electron chi connectivity index (χ4n) is 4.26. The first-order valence-electron chi connectivity index (χ1n) is 10.9. The molecule has 0 bridgehead atoms. The number of rotatable bonds is 12. The van der Waals surface area contributed by atoms with E-state index in [1.807, 2.05) is 30.3 Å². The van der Waals surface area contributed by atoms with Crippen LogP contribution in [-0.2, 0) is 4.79 Å². The fraction of sp³-hybridized carbons (Fsp3) is 0.625. The van der Waals surface area contributed by atoms with E-state index in [2.05, 4.69) is 13.0 Å². The van der Waals surface area contributed by atoms with Crippen LogP contribution in [0.3, 0.4) is 0 Å². The predicted octanol–water partition coefficient (Wildman–Crippen LogP) is 5.57. The molecule has 1 aromatic rings. The van der Waals surface area contributed by atoms with Gasteiger partial charge in [-0.3, -0.25) is 4.79 Å². The van der Waals surface area contributed by atoms with E-state index in [-0.39, 0.29) is 23.6 Å². The van der Waals surface area contributed by atoms with Crippen molar-refractivity contribution in [1.82, 2.24) is 0 Å². The summed E-state index contributed by atoms with van der Waals surface area (Å²) in [5.74, 6) is -0.646. The lowest BCUT2D eigenvalue weighted by Gasteiger charge is -2.23. The summed E-state index contributed by atoms with van der Waals surface area (Å²) < 4.78 is 0. The van der Waals surface area contributed by atoms with Crippen molar-refractivity contribution in [1.29, 1.82) is 0 Å². The smallest absolute Gasteiger partial charge is 0.303 e. The second-order valence-corrected chi connectivity index (χ2v) is 8.74. The molecule has 0 heterocycles. The van der Waals surface area contributed by atoms with Crippen LogP contribution in [0.25, 0.3) is 0 Å². The summed E-state index contributed by atoms with van der Waals surface area (Å²) in [5, 5.41) is 29.5. The van der Waals surface area contributed by atoms with E-state index in [0.717, 1.165) is 49.7 Å². The van der Waals surface area contributed by atoms with Gasteiger partial charge in [0.25, 0.3) is 0 Å². The molecule has 1 unspecified atom stereocenters. The summed E-state index contributed by atoms with van der Waals surface area (Å²) in [4.78, 5) is 10.6. The predicted molar refractivity (Wildman–Crippen MR) is 117 cm³/mol. The Morgan fingerprint density at radius 3 is 2.59 bits per heavy atom. The van der Waals surface area contributed by atoms with Gasteiger partial charge in [0.2, 0.25) is 0 Å². The van der Waals surface area contributed by atoms with Crippen LogP contribution in [0.15, 0.2) is 36.4 Å². The molecule has 1 fully saturated rings. The van der Waals surface area contributed by atoms with Crippen LogP contribution in [0.1, 0.15) is 87.9 Å². The van der Waals surface area contributed by atoms with Crippen molar-refractivity contribution >= 4 is 17.6 Å². The van der Waals surface area contributed by atoms with Crippen LogP contribution in [0.4, 0.5) is 0 Å². The highest BCUT2D eigenvalue weighted by Gasteiger charge is 2.41. The maximum Gasteiger partial charge on any atom is 0.303 e. The molecular formula is C24H35ClO4. The van der Waals surface area contributed by atoms with Gasteiger partial charge in [-0.15, -0.1) is 11.6 Å². The van der Waals surface area contributed by atoms with E-state index in [1.54, 1.807) is 0 Å². The largest absolute Gasteiger partial charge is 0.481 e. The Balaban J connectivity index is 1.96. The molecule has 1 aliphatic rings. The molecule has 1 saturated carbocycles. The van der Waals surface area contributed by atoms with Gasteiger partial charge in [-0.1, -0.05) is 62.6 Å². The number of carboxylic acid groups (broad SMARTS) is 1. The van der Waals surface area contributed by atoms with Crippen LogP contribution in [0, 0.1) is 5.92 Å². The molecule has 4 nitrogen and oxygen atoms in total. The first kappa shape index (κ1) is 23.9. The van der Waals surface area contributed by atoms with Crippen molar-refractivity contribution in [3.63, 3.8) is 0 Å². The maximum absolute atomic E-state index is 10.6. The molecule has 5 heteroatoms. The molecule has 5 atom stereocenters. The van der Waals surface area contributed by atoms with Crippen LogP contribution >= 0.6 is 11.6 Å². The van der Waals surface area contributed by atoms with Gasteiger partial charge in [0, 0.05) is 17.7 Å². The van der Waals surface area contributed by atoms with E-state index in [9.17, 15) is 15.0 Å². The quantitative estimate of drug-likeness (QED) is 0.233. The summed E-state index contributed by atoms with van der Waals surface area (Å²) in [6.07, 6.45) is 10.2. The average molecular weight is 423 g/mol. The summed E-state index contributed by atoms with van der Waals surface area (Å²) in [6, 6.07) is 7.98. The molecular weight excluding hydrogens is 388 g/mol. The molecule has 1 aromatic carbocycles. The number of hydrogen-bond donors (Lipinski definition) is 3. The van der Waals surface area contributed by atoms with Crippen LogP contribution in [0.2, 0.25) is 0 Å². The number of aliphatic hydroxyl groups is 2. The molecule has 0 aromatic heterocycles. The second-order valence-electron chi connectivity index (χ2n) is 8.18. The number of carbonyl (C=O) groups is 1. The zero-order valence-electron chi connectivity index (χ0n) is 17.3. The average Bonchev–Trinajstić information content (AvgIpc) is 2.97. The summed E-state index contributed by atoms with van der Waals surface area (Å²) in [7, 11) is 0. The van der Waals surface area contributed by atoms with Gasteiger partial charge < -0.3 is 15.3 Å². The molecule has 0 saturated heterocycles. The highest BCUT2D eigenvalue weighted by Crippen LogP contribution is 2.45. The molecule has 1 aliphatic carbocycles. The number of benzene rings is 1. The third-order valence-electron chi connectivity index (χ3n) is 5.93. The molecule has 0 aliphatic heterocycles. The number of hydrogen-bond acceptors (Lipinski definition) is 3. The minimum absolute atomic E-state index is 0.0209. The number of halogens is 1. The third kappa shape index (κ3) is 7.44. The zero-order chi connectivity index (χ0) is 21.2. The normalized spacial score (nSPS) is 25.5. The molecule has 162 valence electrons. The lowest BCUT2D eigenvalue weighted by atomic mass is 9.84. The van der Waals surface area contributed by atoms with E-state index in [0.29, 0.717) is 12.8 Å². The van der Waals surface area contributed by atoms with Crippen LogP contribution in [0.5, 0.6) is 0 Å². The molecule has 0 amide bonds. The number of carboxylic acids is 1. The topological polar surface area (TPSA) is 77.8 Å². The van der Waals surface area contributed by atoms with Crippen molar-refractivity contribution < 1.29 is 20.1 Å². The second kappa shape index (κ2) is 12.4. The van der Waals surface area contributed by atoms with E-state index < -0.39 is 18.2 Å².